The summed E-state index contributed by atoms with van der Waals surface area (Å²) in [5, 5.41) is 6.48. The molecule has 2 aromatic carbocycles. The molecule has 132 valence electrons. The number of amides is 1. The summed E-state index contributed by atoms with van der Waals surface area (Å²) in [5.74, 6) is 0.811. The monoisotopic (exact) mass is 368 g/mol. The van der Waals surface area contributed by atoms with E-state index >= 15 is 0 Å². The molecule has 6 nitrogen and oxygen atoms in total. The van der Waals surface area contributed by atoms with Crippen LogP contribution in [0.15, 0.2) is 60.8 Å². The number of ether oxygens (including phenoxy) is 1. The quantitative estimate of drug-likeness (QED) is 0.687. The largest absolute Gasteiger partial charge is 0.496 e. The van der Waals surface area contributed by atoms with Crippen molar-refractivity contribution in [1.29, 1.82) is 0 Å². The summed E-state index contributed by atoms with van der Waals surface area (Å²) in [5.41, 5.74) is 1.87. The molecule has 0 bridgehead atoms. The number of nitrogens with zero attached hydrogens (tertiary/aromatic N) is 2. The molecule has 0 aliphatic carbocycles. The second-order valence-electron chi connectivity index (χ2n) is 5.39. The summed E-state index contributed by atoms with van der Waals surface area (Å²) >= 11 is 5.84. The van der Waals surface area contributed by atoms with Crippen LogP contribution in [-0.2, 0) is 6.54 Å². The van der Waals surface area contributed by atoms with Crippen LogP contribution in [-0.4, -0.2) is 23.0 Å². The molecule has 0 aliphatic rings. The molecule has 1 aromatic heterocycles. The Hall–Kier alpha value is -3.12. The molecule has 0 radical (unpaired) electrons. The Morgan fingerprint density at radius 3 is 2.65 bits per heavy atom. The van der Waals surface area contributed by atoms with Gasteiger partial charge in [-0.15, -0.1) is 0 Å². The maximum atomic E-state index is 12.3. The minimum atomic E-state index is -0.324. The number of carbonyl (C=O) groups excluding carboxylic acids is 1. The van der Waals surface area contributed by atoms with Crippen molar-refractivity contribution in [3.63, 3.8) is 0 Å². The third kappa shape index (κ3) is 4.49. The van der Waals surface area contributed by atoms with Crippen molar-refractivity contribution in [3.8, 4) is 5.75 Å². The van der Waals surface area contributed by atoms with Gasteiger partial charge in [-0.25, -0.2) is 9.97 Å². The molecule has 1 amide bonds. The minimum absolute atomic E-state index is 0.262. The topological polar surface area (TPSA) is 76.1 Å². The van der Waals surface area contributed by atoms with Crippen LogP contribution in [0.4, 0.5) is 11.6 Å². The fourth-order valence-corrected chi connectivity index (χ4v) is 2.45. The zero-order valence-corrected chi connectivity index (χ0v) is 14.8. The zero-order valence-electron chi connectivity index (χ0n) is 14.1. The number of hydrogen-bond donors (Lipinski definition) is 2. The highest BCUT2D eigenvalue weighted by Crippen LogP contribution is 2.18. The van der Waals surface area contributed by atoms with Gasteiger partial charge in [0.2, 0.25) is 5.95 Å². The average Bonchev–Trinajstić information content (AvgIpc) is 2.68. The van der Waals surface area contributed by atoms with Crippen LogP contribution in [0.5, 0.6) is 5.75 Å². The molecule has 3 rings (SSSR count). The molecule has 0 saturated carbocycles. The van der Waals surface area contributed by atoms with E-state index in [0.29, 0.717) is 23.2 Å². The Labute approximate surface area is 156 Å². The second-order valence-corrected chi connectivity index (χ2v) is 5.83. The lowest BCUT2D eigenvalue weighted by Gasteiger charge is -2.10. The molecule has 1 heterocycles. The molecule has 0 spiro atoms. The number of aromatic nitrogens is 2. The van der Waals surface area contributed by atoms with Crippen LogP contribution in [0.2, 0.25) is 5.02 Å². The van der Waals surface area contributed by atoms with Gasteiger partial charge >= 0.3 is 0 Å². The first-order valence-corrected chi connectivity index (χ1v) is 8.29. The fourth-order valence-electron chi connectivity index (χ4n) is 2.32. The zero-order chi connectivity index (χ0) is 18.4. The van der Waals surface area contributed by atoms with Crippen molar-refractivity contribution < 1.29 is 9.53 Å². The summed E-state index contributed by atoms with van der Waals surface area (Å²) in [6, 6.07) is 16.1. The highest BCUT2D eigenvalue weighted by Gasteiger charge is 2.10. The van der Waals surface area contributed by atoms with E-state index in [0.717, 1.165) is 11.3 Å². The summed E-state index contributed by atoms with van der Waals surface area (Å²) in [4.78, 5) is 20.8. The lowest BCUT2D eigenvalue weighted by molar-refractivity contribution is 0.102. The van der Waals surface area contributed by atoms with Crippen LogP contribution >= 0.6 is 11.6 Å². The standard InChI is InChI=1S/C19H17ClN4O2/c1-26-17-5-3-2-4-13(17)12-22-19-21-11-10-16(24-19)18(25)23-15-8-6-14(20)7-9-15/h2-11H,12H2,1H3,(H,23,25)(H,21,22,24). The molecule has 0 atom stereocenters. The maximum absolute atomic E-state index is 12.3. The van der Waals surface area contributed by atoms with Crippen LogP contribution in [0, 0.1) is 0 Å². The first kappa shape index (κ1) is 17.7. The number of methoxy groups -OCH3 is 1. The number of rotatable bonds is 6. The van der Waals surface area contributed by atoms with E-state index < -0.39 is 0 Å². The third-order valence-electron chi connectivity index (χ3n) is 3.62. The van der Waals surface area contributed by atoms with Crippen LogP contribution in [0.25, 0.3) is 0 Å². The van der Waals surface area contributed by atoms with Crippen molar-refractivity contribution in [3.05, 3.63) is 77.1 Å². The molecule has 7 heteroatoms. The molecule has 26 heavy (non-hydrogen) atoms. The van der Waals surface area contributed by atoms with E-state index in [2.05, 4.69) is 20.6 Å². The molecule has 3 aromatic rings. The van der Waals surface area contributed by atoms with Gasteiger partial charge in [-0.2, -0.15) is 0 Å². The van der Waals surface area contributed by atoms with Gasteiger partial charge in [0.1, 0.15) is 11.4 Å². The van der Waals surface area contributed by atoms with E-state index in [-0.39, 0.29) is 11.6 Å². The van der Waals surface area contributed by atoms with Gasteiger partial charge in [-0.3, -0.25) is 4.79 Å². The molecule has 0 unspecified atom stereocenters. The maximum Gasteiger partial charge on any atom is 0.274 e. The number of benzene rings is 2. The van der Waals surface area contributed by atoms with Gasteiger partial charge in [0, 0.05) is 29.0 Å². The predicted molar refractivity (Wildman–Crippen MR) is 102 cm³/mol. The van der Waals surface area contributed by atoms with Gasteiger partial charge in [0.25, 0.3) is 5.91 Å². The van der Waals surface area contributed by atoms with Crippen molar-refractivity contribution in [2.45, 2.75) is 6.54 Å². The van der Waals surface area contributed by atoms with Crippen LogP contribution in [0.1, 0.15) is 16.1 Å². The fraction of sp³-hybridized carbons (Fsp3) is 0.105. The highest BCUT2D eigenvalue weighted by molar-refractivity contribution is 6.30. The number of halogens is 1. The first-order valence-electron chi connectivity index (χ1n) is 7.91. The Kier molecular flexibility index (Phi) is 5.66. The lowest BCUT2D eigenvalue weighted by Crippen LogP contribution is -2.15. The minimum Gasteiger partial charge on any atom is -0.496 e. The molecule has 2 N–H and O–H groups in total. The average molecular weight is 369 g/mol. The number of carbonyl (C=O) groups is 1. The van der Waals surface area contributed by atoms with E-state index in [9.17, 15) is 4.79 Å². The van der Waals surface area contributed by atoms with Gasteiger partial charge < -0.3 is 15.4 Å². The van der Waals surface area contributed by atoms with E-state index in [4.69, 9.17) is 16.3 Å². The summed E-state index contributed by atoms with van der Waals surface area (Å²) in [6.07, 6.45) is 1.54. The van der Waals surface area contributed by atoms with Gasteiger partial charge in [0.05, 0.1) is 7.11 Å². The van der Waals surface area contributed by atoms with Crippen molar-refractivity contribution in [1.82, 2.24) is 9.97 Å². The van der Waals surface area contributed by atoms with E-state index in [1.54, 1.807) is 37.4 Å². The Bertz CT molecular complexity index is 900. The number of para-hydroxylation sites is 1. The van der Waals surface area contributed by atoms with Crippen LogP contribution in [0.3, 0.4) is 0 Å². The van der Waals surface area contributed by atoms with Crippen molar-refractivity contribution in [2.24, 2.45) is 0 Å². The van der Waals surface area contributed by atoms with Gasteiger partial charge in [-0.05, 0) is 36.4 Å². The van der Waals surface area contributed by atoms with Crippen molar-refractivity contribution in [2.75, 3.05) is 17.7 Å². The summed E-state index contributed by atoms with van der Waals surface area (Å²) in [6.45, 7) is 0.478. The summed E-state index contributed by atoms with van der Waals surface area (Å²) in [7, 11) is 1.62. The first-order chi connectivity index (χ1) is 12.7. The Morgan fingerprint density at radius 2 is 1.88 bits per heavy atom. The van der Waals surface area contributed by atoms with Gasteiger partial charge in [0.15, 0.2) is 0 Å². The number of anilines is 2. The number of nitrogens with one attached hydrogen (secondary N) is 2. The van der Waals surface area contributed by atoms with E-state index in [1.807, 2.05) is 24.3 Å². The molecule has 0 fully saturated rings. The molecule has 0 aliphatic heterocycles. The Morgan fingerprint density at radius 1 is 1.12 bits per heavy atom. The van der Waals surface area contributed by atoms with E-state index in [1.165, 1.54) is 6.20 Å². The second kappa shape index (κ2) is 8.31. The number of hydrogen-bond acceptors (Lipinski definition) is 5. The smallest absolute Gasteiger partial charge is 0.274 e. The molecule has 0 saturated heterocycles. The summed E-state index contributed by atoms with van der Waals surface area (Å²) < 4.78 is 5.32. The SMILES string of the molecule is COc1ccccc1CNc1nccc(C(=O)Nc2ccc(Cl)cc2)n1. The third-order valence-corrected chi connectivity index (χ3v) is 3.87. The molecular weight excluding hydrogens is 352 g/mol. The predicted octanol–water partition coefficient (Wildman–Crippen LogP) is 4.00. The van der Waals surface area contributed by atoms with Crippen LogP contribution < -0.4 is 15.4 Å². The Balaban J connectivity index is 1.67. The highest BCUT2D eigenvalue weighted by atomic mass is 35.5. The molecular formula is C19H17ClN4O2. The van der Waals surface area contributed by atoms with Gasteiger partial charge in [-0.1, -0.05) is 29.8 Å². The lowest BCUT2D eigenvalue weighted by atomic mass is 10.2. The normalized spacial score (nSPS) is 10.2. The van der Waals surface area contributed by atoms with Crippen molar-refractivity contribution >= 4 is 29.1 Å².